The average molecular weight is 257 g/mol. The first-order chi connectivity index (χ1) is 9.29. The SMILES string of the molecule is CNC(=O)c1n[nH]cc1Nc1ncnc2[nH]ccc12. The van der Waals surface area contributed by atoms with Crippen LogP contribution < -0.4 is 10.6 Å². The van der Waals surface area contributed by atoms with Crippen LogP contribution in [0.5, 0.6) is 0 Å². The summed E-state index contributed by atoms with van der Waals surface area (Å²) in [5, 5.41) is 13.0. The quantitative estimate of drug-likeness (QED) is 0.554. The standard InChI is InChI=1S/C11H11N7O/c1-12-11(19)8-7(4-16-18-8)17-10-6-2-3-13-9(6)14-5-15-10/h2-5H,1H3,(H,12,19)(H,16,18)(H2,13,14,15,17). The van der Waals surface area contributed by atoms with Gasteiger partial charge in [0.25, 0.3) is 5.91 Å². The van der Waals surface area contributed by atoms with Crippen molar-refractivity contribution in [2.75, 3.05) is 12.4 Å². The fourth-order valence-electron chi connectivity index (χ4n) is 1.78. The third-order valence-electron chi connectivity index (χ3n) is 2.69. The average Bonchev–Trinajstić information content (AvgIpc) is 3.06. The Hall–Kier alpha value is -2.90. The molecule has 1 amide bonds. The molecule has 0 aliphatic carbocycles. The number of fused-ring (bicyclic) bond motifs is 1. The molecule has 96 valence electrons. The summed E-state index contributed by atoms with van der Waals surface area (Å²) in [5.41, 5.74) is 1.56. The van der Waals surface area contributed by atoms with Crippen LogP contribution in [0.25, 0.3) is 11.0 Å². The van der Waals surface area contributed by atoms with E-state index in [2.05, 4.69) is 35.8 Å². The molecule has 3 aromatic heterocycles. The minimum atomic E-state index is -0.275. The molecule has 8 heteroatoms. The molecule has 8 nitrogen and oxygen atoms in total. The van der Waals surface area contributed by atoms with Crippen LogP contribution in [0.4, 0.5) is 11.5 Å². The summed E-state index contributed by atoms with van der Waals surface area (Å²) < 4.78 is 0. The molecule has 3 rings (SSSR count). The van der Waals surface area contributed by atoms with Crippen LogP contribution in [0.1, 0.15) is 10.5 Å². The number of hydrogen-bond donors (Lipinski definition) is 4. The first kappa shape index (κ1) is 11.2. The third kappa shape index (κ3) is 1.88. The number of carbonyl (C=O) groups is 1. The molecular weight excluding hydrogens is 246 g/mol. The molecule has 0 saturated heterocycles. The molecule has 4 N–H and O–H groups in total. The fourth-order valence-corrected chi connectivity index (χ4v) is 1.78. The molecule has 0 aromatic carbocycles. The van der Waals surface area contributed by atoms with Gasteiger partial charge >= 0.3 is 0 Å². The second-order valence-electron chi connectivity index (χ2n) is 3.81. The summed E-state index contributed by atoms with van der Waals surface area (Å²) in [5.74, 6) is 0.334. The van der Waals surface area contributed by atoms with Crippen molar-refractivity contribution in [1.82, 2.24) is 30.5 Å². The van der Waals surface area contributed by atoms with Gasteiger partial charge in [-0.05, 0) is 6.07 Å². The van der Waals surface area contributed by atoms with Crippen molar-refractivity contribution in [1.29, 1.82) is 0 Å². The van der Waals surface area contributed by atoms with E-state index in [1.807, 2.05) is 6.07 Å². The van der Waals surface area contributed by atoms with Gasteiger partial charge in [0.2, 0.25) is 0 Å². The number of anilines is 2. The molecule has 0 atom stereocenters. The Morgan fingerprint density at radius 1 is 1.37 bits per heavy atom. The highest BCUT2D eigenvalue weighted by Crippen LogP contribution is 2.23. The number of nitrogens with zero attached hydrogens (tertiary/aromatic N) is 3. The molecule has 0 radical (unpaired) electrons. The van der Waals surface area contributed by atoms with E-state index in [0.29, 0.717) is 11.5 Å². The molecule has 0 aliphatic rings. The maximum absolute atomic E-state index is 11.6. The Balaban J connectivity index is 2.00. The summed E-state index contributed by atoms with van der Waals surface area (Å²) in [4.78, 5) is 22.9. The summed E-state index contributed by atoms with van der Waals surface area (Å²) in [6.07, 6.45) is 4.82. The van der Waals surface area contributed by atoms with Crippen LogP contribution in [0, 0.1) is 0 Å². The molecule has 0 spiro atoms. The largest absolute Gasteiger partial charge is 0.354 e. The van der Waals surface area contributed by atoms with Crippen molar-refractivity contribution < 1.29 is 4.79 Å². The predicted molar refractivity (Wildman–Crippen MR) is 69.1 cm³/mol. The lowest BCUT2D eigenvalue weighted by atomic mass is 10.3. The van der Waals surface area contributed by atoms with Crippen LogP contribution >= 0.6 is 0 Å². The highest BCUT2D eigenvalue weighted by Gasteiger charge is 2.14. The summed E-state index contributed by atoms with van der Waals surface area (Å²) in [7, 11) is 1.55. The highest BCUT2D eigenvalue weighted by atomic mass is 16.1. The van der Waals surface area contributed by atoms with Crippen molar-refractivity contribution in [2.45, 2.75) is 0 Å². The molecule has 0 saturated carbocycles. The van der Waals surface area contributed by atoms with Crippen LogP contribution in [-0.2, 0) is 0 Å². The first-order valence-corrected chi connectivity index (χ1v) is 5.60. The smallest absolute Gasteiger partial charge is 0.273 e. The summed E-state index contributed by atoms with van der Waals surface area (Å²) in [6.45, 7) is 0. The highest BCUT2D eigenvalue weighted by molar-refractivity contribution is 5.99. The lowest BCUT2D eigenvalue weighted by Gasteiger charge is -2.05. The van der Waals surface area contributed by atoms with E-state index >= 15 is 0 Å². The number of amides is 1. The van der Waals surface area contributed by atoms with Crippen molar-refractivity contribution in [3.8, 4) is 0 Å². The number of hydrogen-bond acceptors (Lipinski definition) is 5. The van der Waals surface area contributed by atoms with Gasteiger partial charge in [0, 0.05) is 19.4 Å². The van der Waals surface area contributed by atoms with Crippen molar-refractivity contribution in [3.63, 3.8) is 0 Å². The van der Waals surface area contributed by atoms with Gasteiger partial charge in [-0.2, -0.15) is 5.10 Å². The molecule has 19 heavy (non-hydrogen) atoms. The third-order valence-corrected chi connectivity index (χ3v) is 2.69. The molecule has 0 unspecified atom stereocenters. The lowest BCUT2D eigenvalue weighted by Crippen LogP contribution is -2.19. The molecule has 0 bridgehead atoms. The van der Waals surface area contributed by atoms with E-state index in [1.165, 1.54) is 6.33 Å². The number of carbonyl (C=O) groups excluding carboxylic acids is 1. The Bertz CT molecular complexity index is 729. The molecule has 3 aromatic rings. The Morgan fingerprint density at radius 3 is 3.11 bits per heavy atom. The van der Waals surface area contributed by atoms with E-state index in [0.717, 1.165) is 11.0 Å². The van der Waals surface area contributed by atoms with Gasteiger partial charge in [-0.1, -0.05) is 0 Å². The minimum absolute atomic E-state index is 0.275. The van der Waals surface area contributed by atoms with Crippen molar-refractivity contribution in [3.05, 3.63) is 30.5 Å². The second-order valence-corrected chi connectivity index (χ2v) is 3.81. The Kier molecular flexibility index (Phi) is 2.60. The zero-order valence-corrected chi connectivity index (χ0v) is 10.1. The van der Waals surface area contributed by atoms with Gasteiger partial charge < -0.3 is 15.6 Å². The van der Waals surface area contributed by atoms with E-state index in [1.54, 1.807) is 19.4 Å². The van der Waals surface area contributed by atoms with E-state index in [-0.39, 0.29) is 11.6 Å². The number of aromatic nitrogens is 5. The maximum atomic E-state index is 11.6. The molecule has 3 heterocycles. The minimum Gasteiger partial charge on any atom is -0.354 e. The van der Waals surface area contributed by atoms with Crippen LogP contribution in [0.3, 0.4) is 0 Å². The van der Waals surface area contributed by atoms with Crippen LogP contribution in [0.15, 0.2) is 24.8 Å². The van der Waals surface area contributed by atoms with Gasteiger partial charge in [-0.25, -0.2) is 9.97 Å². The van der Waals surface area contributed by atoms with Crippen LogP contribution in [0.2, 0.25) is 0 Å². The summed E-state index contributed by atoms with van der Waals surface area (Å²) in [6, 6.07) is 1.86. The molecular formula is C11H11N7O. The molecule has 0 fully saturated rings. The maximum Gasteiger partial charge on any atom is 0.273 e. The number of H-pyrrole nitrogens is 2. The number of nitrogens with one attached hydrogen (secondary N) is 4. The summed E-state index contributed by atoms with van der Waals surface area (Å²) >= 11 is 0. The fraction of sp³-hybridized carbons (Fsp3) is 0.0909. The lowest BCUT2D eigenvalue weighted by molar-refractivity contribution is 0.0959. The van der Waals surface area contributed by atoms with Gasteiger partial charge in [0.05, 0.1) is 11.1 Å². The zero-order valence-electron chi connectivity index (χ0n) is 10.1. The number of rotatable bonds is 3. The van der Waals surface area contributed by atoms with E-state index < -0.39 is 0 Å². The van der Waals surface area contributed by atoms with E-state index in [9.17, 15) is 4.79 Å². The number of aromatic amines is 2. The predicted octanol–water partition coefficient (Wildman–Crippen LogP) is 0.784. The van der Waals surface area contributed by atoms with Gasteiger partial charge in [0.15, 0.2) is 5.69 Å². The van der Waals surface area contributed by atoms with Crippen LogP contribution in [-0.4, -0.2) is 38.1 Å². The zero-order chi connectivity index (χ0) is 13.2. The monoisotopic (exact) mass is 257 g/mol. The topological polar surface area (TPSA) is 111 Å². The Morgan fingerprint density at radius 2 is 2.26 bits per heavy atom. The first-order valence-electron chi connectivity index (χ1n) is 5.60. The Labute approximate surface area is 107 Å². The van der Waals surface area contributed by atoms with Crippen molar-refractivity contribution >= 4 is 28.4 Å². The van der Waals surface area contributed by atoms with Gasteiger partial charge in [-0.3, -0.25) is 9.89 Å². The second kappa shape index (κ2) is 4.41. The normalized spacial score (nSPS) is 10.6. The van der Waals surface area contributed by atoms with Gasteiger partial charge in [-0.15, -0.1) is 0 Å². The van der Waals surface area contributed by atoms with Gasteiger partial charge in [0.1, 0.15) is 17.8 Å². The van der Waals surface area contributed by atoms with Crippen molar-refractivity contribution in [2.24, 2.45) is 0 Å². The molecule has 0 aliphatic heterocycles. The van der Waals surface area contributed by atoms with E-state index in [4.69, 9.17) is 0 Å².